The van der Waals surface area contributed by atoms with Crippen molar-refractivity contribution >= 4 is 10.9 Å². The van der Waals surface area contributed by atoms with Crippen molar-refractivity contribution < 1.29 is 4.74 Å². The number of ether oxygens (including phenoxy) is 1. The lowest BCUT2D eigenvalue weighted by molar-refractivity contribution is 0.107. The zero-order valence-electron chi connectivity index (χ0n) is 11.6. The summed E-state index contributed by atoms with van der Waals surface area (Å²) in [7, 11) is 0. The van der Waals surface area contributed by atoms with Crippen LogP contribution in [0.5, 0.6) is 0 Å². The highest BCUT2D eigenvalue weighted by Gasteiger charge is 2.17. The van der Waals surface area contributed by atoms with Gasteiger partial charge >= 0.3 is 0 Å². The topological polar surface area (TPSA) is 60.2 Å². The molecule has 1 saturated heterocycles. The minimum atomic E-state index is 0.170. The third kappa shape index (κ3) is 2.98. The maximum atomic E-state index is 5.91. The Hall–Kier alpha value is -1.49. The number of aromatic nitrogens is 1. The molecule has 1 aliphatic rings. The van der Waals surface area contributed by atoms with Crippen molar-refractivity contribution in [2.45, 2.75) is 25.0 Å². The fourth-order valence-corrected chi connectivity index (χ4v) is 2.73. The molecule has 2 unspecified atom stereocenters. The lowest BCUT2D eigenvalue weighted by Gasteiger charge is -2.20. The summed E-state index contributed by atoms with van der Waals surface area (Å²) in [6.45, 7) is 2.34. The summed E-state index contributed by atoms with van der Waals surface area (Å²) in [5, 5.41) is 4.68. The fraction of sp³-hybridized carbons (Fsp3) is 0.438. The van der Waals surface area contributed by atoms with Gasteiger partial charge < -0.3 is 15.8 Å². The van der Waals surface area contributed by atoms with Gasteiger partial charge in [0.25, 0.3) is 0 Å². The van der Waals surface area contributed by atoms with E-state index in [1.54, 1.807) is 0 Å². The Morgan fingerprint density at radius 1 is 1.40 bits per heavy atom. The van der Waals surface area contributed by atoms with Crippen molar-refractivity contribution in [3.8, 4) is 0 Å². The summed E-state index contributed by atoms with van der Waals surface area (Å²) in [5.41, 5.74) is 8.15. The molecule has 0 radical (unpaired) electrons. The van der Waals surface area contributed by atoms with E-state index in [-0.39, 0.29) is 6.04 Å². The molecule has 2 atom stereocenters. The van der Waals surface area contributed by atoms with Gasteiger partial charge in [-0.15, -0.1) is 0 Å². The van der Waals surface area contributed by atoms with Crippen LogP contribution in [0.3, 0.4) is 0 Å². The van der Waals surface area contributed by atoms with Crippen LogP contribution in [0.1, 0.15) is 24.4 Å². The number of nitrogens with two attached hydrogens (primary N) is 1. The molecule has 20 heavy (non-hydrogen) atoms. The molecule has 0 spiro atoms. The molecule has 3 N–H and O–H groups in total. The largest absolute Gasteiger partial charge is 0.377 e. The van der Waals surface area contributed by atoms with E-state index in [1.165, 1.54) is 12.0 Å². The first-order chi connectivity index (χ1) is 9.86. The number of nitrogens with zero attached hydrogens (tertiary/aromatic N) is 1. The first kappa shape index (κ1) is 13.5. The van der Waals surface area contributed by atoms with Crippen molar-refractivity contribution in [1.82, 2.24) is 10.3 Å². The van der Waals surface area contributed by atoms with E-state index in [0.29, 0.717) is 12.6 Å². The number of hydrogen-bond acceptors (Lipinski definition) is 4. The van der Waals surface area contributed by atoms with E-state index in [0.717, 1.165) is 30.5 Å². The molecule has 4 heteroatoms. The van der Waals surface area contributed by atoms with Crippen LogP contribution in [0.4, 0.5) is 0 Å². The minimum Gasteiger partial charge on any atom is -0.377 e. The third-order valence-electron chi connectivity index (χ3n) is 3.88. The van der Waals surface area contributed by atoms with Gasteiger partial charge in [0.15, 0.2) is 0 Å². The van der Waals surface area contributed by atoms with Crippen molar-refractivity contribution in [2.75, 3.05) is 19.7 Å². The van der Waals surface area contributed by atoms with E-state index in [1.807, 2.05) is 12.3 Å². The van der Waals surface area contributed by atoms with Gasteiger partial charge in [-0.2, -0.15) is 0 Å². The fourth-order valence-electron chi connectivity index (χ4n) is 2.73. The summed E-state index contributed by atoms with van der Waals surface area (Å²) < 4.78 is 5.64. The molecule has 1 fully saturated rings. The molecule has 106 valence electrons. The smallest absolute Gasteiger partial charge is 0.0702 e. The molecule has 1 aromatic heterocycles. The standard InChI is InChI=1S/C16H21N3O/c17-10-16(19-11-14-4-2-8-20-14)13-5-6-15-12(9-13)3-1-7-18-15/h1,3,5-7,9,14,16,19H,2,4,8,10-11,17H2. The Balaban J connectivity index is 1.72. The third-order valence-corrected chi connectivity index (χ3v) is 3.88. The second-order valence-electron chi connectivity index (χ2n) is 5.29. The van der Waals surface area contributed by atoms with Crippen LogP contribution in [0.15, 0.2) is 36.5 Å². The molecular weight excluding hydrogens is 250 g/mol. The maximum absolute atomic E-state index is 5.91. The predicted octanol–water partition coefficient (Wildman–Crippen LogP) is 2.00. The van der Waals surface area contributed by atoms with Crippen LogP contribution in [0, 0.1) is 0 Å². The molecule has 1 aromatic carbocycles. The number of pyridine rings is 1. The molecule has 2 aromatic rings. The van der Waals surface area contributed by atoms with E-state index in [9.17, 15) is 0 Å². The van der Waals surface area contributed by atoms with Gasteiger partial charge in [0.1, 0.15) is 0 Å². The van der Waals surface area contributed by atoms with Crippen LogP contribution >= 0.6 is 0 Å². The second kappa shape index (κ2) is 6.31. The zero-order chi connectivity index (χ0) is 13.8. The van der Waals surface area contributed by atoms with Gasteiger partial charge in [-0.25, -0.2) is 0 Å². The molecule has 0 bridgehead atoms. The number of fused-ring (bicyclic) bond motifs is 1. The highest BCUT2D eigenvalue weighted by Crippen LogP contribution is 2.19. The zero-order valence-corrected chi connectivity index (χ0v) is 11.6. The van der Waals surface area contributed by atoms with E-state index < -0.39 is 0 Å². The van der Waals surface area contributed by atoms with Crippen LogP contribution in [0.25, 0.3) is 10.9 Å². The molecule has 1 aliphatic heterocycles. The van der Waals surface area contributed by atoms with Gasteiger partial charge in [-0.1, -0.05) is 12.1 Å². The Morgan fingerprint density at radius 2 is 2.35 bits per heavy atom. The van der Waals surface area contributed by atoms with Gasteiger partial charge in [-0.3, -0.25) is 4.98 Å². The Bertz CT molecular complexity index is 566. The first-order valence-corrected chi connectivity index (χ1v) is 7.26. The van der Waals surface area contributed by atoms with Gasteiger partial charge in [-0.05, 0) is 36.6 Å². The molecule has 4 nitrogen and oxygen atoms in total. The van der Waals surface area contributed by atoms with Crippen molar-refractivity contribution in [2.24, 2.45) is 5.73 Å². The van der Waals surface area contributed by atoms with E-state index >= 15 is 0 Å². The lowest BCUT2D eigenvalue weighted by Crippen LogP contribution is -2.34. The minimum absolute atomic E-state index is 0.170. The summed E-state index contributed by atoms with van der Waals surface area (Å²) in [6, 6.07) is 10.5. The highest BCUT2D eigenvalue weighted by molar-refractivity contribution is 5.79. The first-order valence-electron chi connectivity index (χ1n) is 7.26. The molecule has 0 aliphatic carbocycles. The summed E-state index contributed by atoms with van der Waals surface area (Å²) in [5.74, 6) is 0. The number of benzene rings is 1. The molecular formula is C16H21N3O. The molecule has 0 saturated carbocycles. The average molecular weight is 271 g/mol. The van der Waals surface area contributed by atoms with Crippen molar-refractivity contribution in [3.63, 3.8) is 0 Å². The second-order valence-corrected chi connectivity index (χ2v) is 5.29. The molecule has 0 amide bonds. The van der Waals surface area contributed by atoms with Crippen LogP contribution in [0.2, 0.25) is 0 Å². The van der Waals surface area contributed by atoms with Crippen molar-refractivity contribution in [1.29, 1.82) is 0 Å². The van der Waals surface area contributed by atoms with Gasteiger partial charge in [0.2, 0.25) is 0 Å². The van der Waals surface area contributed by atoms with Crippen LogP contribution in [-0.2, 0) is 4.74 Å². The van der Waals surface area contributed by atoms with Crippen LogP contribution < -0.4 is 11.1 Å². The van der Waals surface area contributed by atoms with Gasteiger partial charge in [0, 0.05) is 37.3 Å². The molecule has 3 rings (SSSR count). The van der Waals surface area contributed by atoms with Gasteiger partial charge in [0.05, 0.1) is 11.6 Å². The Labute approximate surface area is 119 Å². The number of rotatable bonds is 5. The summed E-state index contributed by atoms with van der Waals surface area (Å²) in [4.78, 5) is 4.34. The normalized spacial score (nSPS) is 20.4. The van der Waals surface area contributed by atoms with E-state index in [2.05, 4.69) is 34.6 Å². The number of nitrogens with one attached hydrogen (secondary N) is 1. The highest BCUT2D eigenvalue weighted by atomic mass is 16.5. The number of hydrogen-bond donors (Lipinski definition) is 2. The Kier molecular flexibility index (Phi) is 4.25. The average Bonchev–Trinajstić information content (AvgIpc) is 3.01. The predicted molar refractivity (Wildman–Crippen MR) is 80.5 cm³/mol. The maximum Gasteiger partial charge on any atom is 0.0702 e. The van der Waals surface area contributed by atoms with Crippen molar-refractivity contribution in [3.05, 3.63) is 42.1 Å². The summed E-state index contributed by atoms with van der Waals surface area (Å²) in [6.07, 6.45) is 4.47. The SMILES string of the molecule is NCC(NCC1CCCO1)c1ccc2ncccc2c1. The van der Waals surface area contributed by atoms with E-state index in [4.69, 9.17) is 10.5 Å². The molecule has 2 heterocycles. The quantitative estimate of drug-likeness (QED) is 0.873. The lowest BCUT2D eigenvalue weighted by atomic mass is 10.0. The summed E-state index contributed by atoms with van der Waals surface area (Å²) >= 11 is 0. The monoisotopic (exact) mass is 271 g/mol. The Morgan fingerprint density at radius 3 is 3.15 bits per heavy atom. The van der Waals surface area contributed by atoms with Crippen LogP contribution in [-0.4, -0.2) is 30.8 Å².